The van der Waals surface area contributed by atoms with Crippen molar-refractivity contribution in [2.45, 2.75) is 58.1 Å². The van der Waals surface area contributed by atoms with Gasteiger partial charge in [-0.1, -0.05) is 32.0 Å². The van der Waals surface area contributed by atoms with Crippen LogP contribution in [0.3, 0.4) is 0 Å². The molecular formula is C22H28N2O3. The first-order valence-electron chi connectivity index (χ1n) is 9.71. The predicted molar refractivity (Wildman–Crippen MR) is 105 cm³/mol. The van der Waals surface area contributed by atoms with Gasteiger partial charge in [0, 0.05) is 18.8 Å². The van der Waals surface area contributed by atoms with Crippen LogP contribution in [0.2, 0.25) is 0 Å². The zero-order valence-corrected chi connectivity index (χ0v) is 16.1. The highest BCUT2D eigenvalue weighted by atomic mass is 16.5. The van der Waals surface area contributed by atoms with Gasteiger partial charge in [-0.25, -0.2) is 4.98 Å². The van der Waals surface area contributed by atoms with Crippen LogP contribution in [0.15, 0.2) is 42.6 Å². The van der Waals surface area contributed by atoms with Crippen LogP contribution in [0, 0.1) is 0 Å². The maximum Gasteiger partial charge on any atom is 0.258 e. The molecule has 1 aromatic heterocycles. The lowest BCUT2D eigenvalue weighted by atomic mass is 10.0. The average molecular weight is 368 g/mol. The molecule has 0 atom stereocenters. The number of aromatic nitrogens is 1. The van der Waals surface area contributed by atoms with E-state index in [0.29, 0.717) is 30.2 Å². The molecule has 1 fully saturated rings. The summed E-state index contributed by atoms with van der Waals surface area (Å²) < 4.78 is 11.4. The van der Waals surface area contributed by atoms with Gasteiger partial charge in [0.2, 0.25) is 5.88 Å². The molecule has 1 aliphatic rings. The van der Waals surface area contributed by atoms with Gasteiger partial charge in [-0.3, -0.25) is 4.79 Å². The van der Waals surface area contributed by atoms with Crippen LogP contribution in [-0.4, -0.2) is 23.6 Å². The fraction of sp³-hybridized carbons (Fsp3) is 0.455. The number of pyridine rings is 1. The number of carbonyl (C=O) groups excluding carboxylic acids is 1. The summed E-state index contributed by atoms with van der Waals surface area (Å²) >= 11 is 0. The Morgan fingerprint density at radius 1 is 1.22 bits per heavy atom. The third-order valence-electron chi connectivity index (χ3n) is 4.77. The van der Waals surface area contributed by atoms with Crippen LogP contribution in [0.4, 0.5) is 0 Å². The van der Waals surface area contributed by atoms with E-state index in [1.807, 2.05) is 30.3 Å². The summed E-state index contributed by atoms with van der Waals surface area (Å²) in [7, 11) is 0. The van der Waals surface area contributed by atoms with Gasteiger partial charge in [0.25, 0.3) is 5.91 Å². The predicted octanol–water partition coefficient (Wildman–Crippen LogP) is 4.22. The Bertz CT molecular complexity index is 737. The van der Waals surface area contributed by atoms with Crippen molar-refractivity contribution >= 4 is 5.91 Å². The van der Waals surface area contributed by atoms with E-state index >= 15 is 0 Å². The van der Waals surface area contributed by atoms with Crippen LogP contribution >= 0.6 is 0 Å². The topological polar surface area (TPSA) is 60.5 Å². The molecule has 5 heteroatoms. The highest BCUT2D eigenvalue weighted by Crippen LogP contribution is 2.23. The molecule has 3 rings (SSSR count). The Balaban J connectivity index is 1.41. The van der Waals surface area contributed by atoms with E-state index in [1.165, 1.54) is 18.4 Å². The Labute approximate surface area is 161 Å². The highest BCUT2D eigenvalue weighted by Gasteiger charge is 2.16. The summed E-state index contributed by atoms with van der Waals surface area (Å²) in [5, 5.41) is 2.85. The molecule has 1 aromatic carbocycles. The smallest absolute Gasteiger partial charge is 0.258 e. The molecule has 1 amide bonds. The molecule has 2 aromatic rings. The summed E-state index contributed by atoms with van der Waals surface area (Å²) in [5.74, 6) is 1.64. The monoisotopic (exact) mass is 368 g/mol. The highest BCUT2D eigenvalue weighted by molar-refractivity contribution is 5.77. The fourth-order valence-electron chi connectivity index (χ4n) is 3.13. The summed E-state index contributed by atoms with van der Waals surface area (Å²) in [5.41, 5.74) is 2.13. The number of rotatable bonds is 8. The third-order valence-corrected chi connectivity index (χ3v) is 4.77. The first-order chi connectivity index (χ1) is 13.1. The van der Waals surface area contributed by atoms with E-state index in [-0.39, 0.29) is 12.5 Å². The van der Waals surface area contributed by atoms with Crippen molar-refractivity contribution in [1.29, 1.82) is 0 Å². The van der Waals surface area contributed by atoms with Crippen molar-refractivity contribution in [3.63, 3.8) is 0 Å². The molecule has 0 spiro atoms. The normalized spacial score (nSPS) is 14.3. The summed E-state index contributed by atoms with van der Waals surface area (Å²) in [6.07, 6.45) is 6.74. The lowest BCUT2D eigenvalue weighted by Crippen LogP contribution is -2.28. The standard InChI is InChI=1S/C22H28N2O3/c1-16(2)18-6-5-9-20(12-18)26-15-21(25)23-13-17-10-11-22(24-14-17)27-19-7-3-4-8-19/h5-6,9-12,14,16,19H,3-4,7-8,13,15H2,1-2H3,(H,23,25). The van der Waals surface area contributed by atoms with Gasteiger partial charge in [-0.2, -0.15) is 0 Å². The van der Waals surface area contributed by atoms with Gasteiger partial charge in [-0.05, 0) is 54.9 Å². The summed E-state index contributed by atoms with van der Waals surface area (Å²) in [6, 6.07) is 11.7. The second-order valence-electron chi connectivity index (χ2n) is 7.32. The van der Waals surface area contributed by atoms with Gasteiger partial charge >= 0.3 is 0 Å². The zero-order chi connectivity index (χ0) is 19.1. The van der Waals surface area contributed by atoms with Crippen molar-refractivity contribution in [2.24, 2.45) is 0 Å². The van der Waals surface area contributed by atoms with E-state index in [2.05, 4.69) is 30.2 Å². The summed E-state index contributed by atoms with van der Waals surface area (Å²) in [4.78, 5) is 16.4. The SMILES string of the molecule is CC(C)c1cccc(OCC(=O)NCc2ccc(OC3CCCC3)nc2)c1. The lowest BCUT2D eigenvalue weighted by molar-refractivity contribution is -0.123. The molecule has 0 aliphatic heterocycles. The number of hydrogen-bond donors (Lipinski definition) is 1. The second kappa shape index (κ2) is 9.40. The molecular weight excluding hydrogens is 340 g/mol. The molecule has 144 valence electrons. The molecule has 5 nitrogen and oxygen atoms in total. The molecule has 0 bridgehead atoms. The maximum atomic E-state index is 12.0. The minimum atomic E-state index is -0.156. The minimum absolute atomic E-state index is 0.00213. The number of amides is 1. The first-order valence-corrected chi connectivity index (χ1v) is 9.71. The van der Waals surface area contributed by atoms with Crippen LogP contribution < -0.4 is 14.8 Å². The Hall–Kier alpha value is -2.56. The van der Waals surface area contributed by atoms with Gasteiger partial charge in [-0.15, -0.1) is 0 Å². The molecule has 0 radical (unpaired) electrons. The number of nitrogens with zero attached hydrogens (tertiary/aromatic N) is 1. The molecule has 27 heavy (non-hydrogen) atoms. The van der Waals surface area contributed by atoms with E-state index in [4.69, 9.17) is 9.47 Å². The molecule has 0 unspecified atom stereocenters. The number of ether oxygens (including phenoxy) is 2. The van der Waals surface area contributed by atoms with Crippen LogP contribution in [0.25, 0.3) is 0 Å². The fourth-order valence-corrected chi connectivity index (χ4v) is 3.13. The largest absolute Gasteiger partial charge is 0.484 e. The quantitative estimate of drug-likeness (QED) is 0.758. The van der Waals surface area contributed by atoms with Crippen molar-refractivity contribution in [3.8, 4) is 11.6 Å². The zero-order valence-electron chi connectivity index (χ0n) is 16.1. The first kappa shape index (κ1) is 19.2. The van der Waals surface area contributed by atoms with E-state index in [0.717, 1.165) is 18.4 Å². The van der Waals surface area contributed by atoms with Gasteiger partial charge < -0.3 is 14.8 Å². The number of benzene rings is 1. The minimum Gasteiger partial charge on any atom is -0.484 e. The molecule has 1 N–H and O–H groups in total. The Morgan fingerprint density at radius 2 is 2.04 bits per heavy atom. The van der Waals surface area contributed by atoms with E-state index in [9.17, 15) is 4.79 Å². The Kier molecular flexibility index (Phi) is 6.69. The van der Waals surface area contributed by atoms with E-state index in [1.54, 1.807) is 6.20 Å². The van der Waals surface area contributed by atoms with Crippen molar-refractivity contribution in [2.75, 3.05) is 6.61 Å². The van der Waals surface area contributed by atoms with Gasteiger partial charge in [0.15, 0.2) is 6.61 Å². The summed E-state index contributed by atoms with van der Waals surface area (Å²) in [6.45, 7) is 4.68. The lowest BCUT2D eigenvalue weighted by Gasteiger charge is -2.12. The van der Waals surface area contributed by atoms with Gasteiger partial charge in [0.05, 0.1) is 0 Å². The van der Waals surface area contributed by atoms with Crippen LogP contribution in [0.5, 0.6) is 11.6 Å². The van der Waals surface area contributed by atoms with E-state index < -0.39 is 0 Å². The van der Waals surface area contributed by atoms with Crippen molar-refractivity contribution < 1.29 is 14.3 Å². The van der Waals surface area contributed by atoms with Crippen molar-refractivity contribution in [1.82, 2.24) is 10.3 Å². The number of hydrogen-bond acceptors (Lipinski definition) is 4. The molecule has 0 saturated heterocycles. The Morgan fingerprint density at radius 3 is 2.74 bits per heavy atom. The number of carbonyl (C=O) groups is 1. The maximum absolute atomic E-state index is 12.0. The van der Waals surface area contributed by atoms with Crippen LogP contribution in [-0.2, 0) is 11.3 Å². The second-order valence-corrected chi connectivity index (χ2v) is 7.32. The van der Waals surface area contributed by atoms with Crippen LogP contribution in [0.1, 0.15) is 56.6 Å². The molecule has 1 aliphatic carbocycles. The molecule has 1 saturated carbocycles. The average Bonchev–Trinajstić information content (AvgIpc) is 3.19. The van der Waals surface area contributed by atoms with Gasteiger partial charge in [0.1, 0.15) is 11.9 Å². The van der Waals surface area contributed by atoms with Crippen molar-refractivity contribution in [3.05, 3.63) is 53.7 Å². The number of nitrogens with one attached hydrogen (secondary N) is 1. The molecule has 1 heterocycles. The third kappa shape index (κ3) is 5.98.